The quantitative estimate of drug-likeness (QED) is 0.704. The van der Waals surface area contributed by atoms with Crippen molar-refractivity contribution in [2.75, 3.05) is 18.9 Å². The van der Waals surface area contributed by atoms with Crippen molar-refractivity contribution in [3.63, 3.8) is 0 Å². The Balaban J connectivity index is 1.49. The highest BCUT2D eigenvalue weighted by atomic mass is 32.2. The Morgan fingerprint density at radius 2 is 2.36 bits per heavy atom. The first kappa shape index (κ1) is 17.7. The van der Waals surface area contributed by atoms with E-state index in [-0.39, 0.29) is 17.6 Å². The largest absolute Gasteiger partial charge is 0.476 e. The van der Waals surface area contributed by atoms with Gasteiger partial charge in [-0.1, -0.05) is 17.8 Å². The second-order valence-electron chi connectivity index (χ2n) is 5.41. The molecule has 0 spiro atoms. The van der Waals surface area contributed by atoms with Crippen molar-refractivity contribution in [3.8, 4) is 5.88 Å². The smallest absolute Gasteiger partial charge is 0.355 e. The van der Waals surface area contributed by atoms with Gasteiger partial charge in [-0.3, -0.25) is 4.79 Å². The summed E-state index contributed by atoms with van der Waals surface area (Å²) in [6.45, 7) is 1.01. The molecule has 1 aliphatic rings. The van der Waals surface area contributed by atoms with Gasteiger partial charge in [0.2, 0.25) is 11.8 Å². The predicted octanol–water partition coefficient (Wildman–Crippen LogP) is 2.40. The number of hydrogen-bond acceptors (Lipinski definition) is 7. The van der Waals surface area contributed by atoms with E-state index in [0.717, 1.165) is 6.42 Å². The molecule has 2 aromatic heterocycles. The molecule has 7 nitrogen and oxygen atoms in total. The van der Waals surface area contributed by atoms with Crippen molar-refractivity contribution in [1.29, 1.82) is 0 Å². The van der Waals surface area contributed by atoms with Crippen molar-refractivity contribution in [2.45, 2.75) is 23.2 Å². The van der Waals surface area contributed by atoms with Gasteiger partial charge in [0.05, 0.1) is 6.04 Å². The van der Waals surface area contributed by atoms with Gasteiger partial charge >= 0.3 is 5.97 Å². The van der Waals surface area contributed by atoms with Gasteiger partial charge < -0.3 is 14.7 Å². The summed E-state index contributed by atoms with van der Waals surface area (Å²) in [6, 6.07) is 5.51. The molecular weight excluding hydrogens is 362 g/mol. The molecule has 0 unspecified atom stereocenters. The number of carbonyl (C=O) groups is 2. The van der Waals surface area contributed by atoms with Gasteiger partial charge in [-0.25, -0.2) is 14.8 Å². The van der Waals surface area contributed by atoms with Crippen molar-refractivity contribution in [2.24, 2.45) is 0 Å². The van der Waals surface area contributed by atoms with Crippen LogP contribution in [0.3, 0.4) is 0 Å². The maximum Gasteiger partial charge on any atom is 0.355 e. The van der Waals surface area contributed by atoms with E-state index < -0.39 is 5.97 Å². The maximum atomic E-state index is 12.1. The fourth-order valence-corrected chi connectivity index (χ4v) is 4.35. The topological polar surface area (TPSA) is 92.6 Å². The molecule has 0 aliphatic carbocycles. The molecule has 3 rings (SSSR count). The van der Waals surface area contributed by atoms with Crippen LogP contribution in [0, 0.1) is 0 Å². The SMILES string of the molecule is O=C(O)c1csc(SCCN2C(=O)CC[C@@H]2COc2ccccn2)n1. The summed E-state index contributed by atoms with van der Waals surface area (Å²) in [5.41, 5.74) is 0.0615. The number of carbonyl (C=O) groups excluding carboxylic acids is 1. The molecule has 0 bridgehead atoms. The van der Waals surface area contributed by atoms with E-state index in [4.69, 9.17) is 9.84 Å². The highest BCUT2D eigenvalue weighted by molar-refractivity contribution is 8.01. The van der Waals surface area contributed by atoms with E-state index in [9.17, 15) is 9.59 Å². The number of pyridine rings is 1. The minimum Gasteiger partial charge on any atom is -0.476 e. The van der Waals surface area contributed by atoms with Crippen LogP contribution in [0.1, 0.15) is 23.3 Å². The molecular formula is C16H17N3O4S2. The van der Waals surface area contributed by atoms with Crippen molar-refractivity contribution >= 4 is 35.0 Å². The highest BCUT2D eigenvalue weighted by Gasteiger charge is 2.31. The lowest BCUT2D eigenvalue weighted by molar-refractivity contribution is -0.129. The van der Waals surface area contributed by atoms with E-state index in [1.165, 1.54) is 28.5 Å². The number of carboxylic acid groups (broad SMARTS) is 1. The monoisotopic (exact) mass is 379 g/mol. The Bertz CT molecular complexity index is 738. The first-order valence-electron chi connectivity index (χ1n) is 7.78. The molecule has 1 fully saturated rings. The zero-order valence-corrected chi connectivity index (χ0v) is 15.0. The second kappa shape index (κ2) is 8.30. The zero-order chi connectivity index (χ0) is 17.6. The number of thiazole rings is 1. The van der Waals surface area contributed by atoms with Crippen LogP contribution in [0.4, 0.5) is 0 Å². The average molecular weight is 379 g/mol. The van der Waals surface area contributed by atoms with Gasteiger partial charge in [0.25, 0.3) is 0 Å². The minimum atomic E-state index is -1.02. The number of amides is 1. The first-order chi connectivity index (χ1) is 12.1. The number of thioether (sulfide) groups is 1. The van der Waals surface area contributed by atoms with Crippen LogP contribution in [-0.4, -0.2) is 56.8 Å². The lowest BCUT2D eigenvalue weighted by atomic mass is 10.2. The van der Waals surface area contributed by atoms with E-state index in [1.54, 1.807) is 12.3 Å². The third kappa shape index (κ3) is 4.70. The van der Waals surface area contributed by atoms with E-state index in [0.29, 0.717) is 35.5 Å². The van der Waals surface area contributed by atoms with Gasteiger partial charge in [-0.05, 0) is 12.5 Å². The van der Waals surface area contributed by atoms with E-state index in [2.05, 4.69) is 9.97 Å². The normalized spacial score (nSPS) is 17.0. The number of carboxylic acids is 1. The summed E-state index contributed by atoms with van der Waals surface area (Å²) in [6.07, 6.45) is 2.97. The lowest BCUT2D eigenvalue weighted by Crippen LogP contribution is -2.38. The summed E-state index contributed by atoms with van der Waals surface area (Å²) >= 11 is 2.77. The summed E-state index contributed by atoms with van der Waals surface area (Å²) < 4.78 is 6.37. The Kier molecular flexibility index (Phi) is 5.87. The van der Waals surface area contributed by atoms with Crippen LogP contribution in [0.25, 0.3) is 0 Å². The number of rotatable bonds is 8. The lowest BCUT2D eigenvalue weighted by Gasteiger charge is -2.24. The van der Waals surface area contributed by atoms with Gasteiger partial charge in [0.15, 0.2) is 10.0 Å². The van der Waals surface area contributed by atoms with E-state index in [1.807, 2.05) is 17.0 Å². The third-order valence-electron chi connectivity index (χ3n) is 3.77. The molecule has 0 aromatic carbocycles. The first-order valence-corrected chi connectivity index (χ1v) is 9.65. The third-order valence-corrected chi connectivity index (χ3v) is 5.78. The minimum absolute atomic E-state index is 0.0426. The second-order valence-corrected chi connectivity index (χ2v) is 7.61. The molecule has 1 amide bonds. The Hall–Kier alpha value is -2.13. The summed E-state index contributed by atoms with van der Waals surface area (Å²) in [5, 5.41) is 10.4. The summed E-state index contributed by atoms with van der Waals surface area (Å²) in [5.74, 6) is 0.323. The number of likely N-dealkylation sites (tertiary alicyclic amines) is 1. The molecule has 3 heterocycles. The van der Waals surface area contributed by atoms with Gasteiger partial charge in [0.1, 0.15) is 6.61 Å². The molecule has 1 aliphatic heterocycles. The number of hydrogen-bond donors (Lipinski definition) is 1. The Morgan fingerprint density at radius 1 is 1.48 bits per heavy atom. The molecule has 1 atom stereocenters. The van der Waals surface area contributed by atoms with E-state index >= 15 is 0 Å². The number of nitrogens with zero attached hydrogens (tertiary/aromatic N) is 3. The number of aromatic carboxylic acids is 1. The summed E-state index contributed by atoms with van der Waals surface area (Å²) in [4.78, 5) is 32.9. The molecule has 0 radical (unpaired) electrons. The molecule has 25 heavy (non-hydrogen) atoms. The van der Waals surface area contributed by atoms with Crippen LogP contribution in [0.5, 0.6) is 5.88 Å². The highest BCUT2D eigenvalue weighted by Crippen LogP contribution is 2.25. The van der Waals surface area contributed by atoms with Crippen LogP contribution >= 0.6 is 23.1 Å². The fraction of sp³-hybridized carbons (Fsp3) is 0.375. The molecule has 0 saturated carbocycles. The summed E-state index contributed by atoms with van der Waals surface area (Å²) in [7, 11) is 0. The standard InChI is InChI=1S/C16H17N3O4S2/c20-14-5-4-11(9-23-13-3-1-2-6-17-13)19(14)7-8-24-16-18-12(10-25-16)15(21)22/h1-3,6,10-11H,4-5,7-9H2,(H,21,22)/t11-/m1/s1. The average Bonchev–Trinajstić information content (AvgIpc) is 3.22. The molecule has 132 valence electrons. The van der Waals surface area contributed by atoms with Crippen LogP contribution in [0.15, 0.2) is 34.1 Å². The molecule has 9 heteroatoms. The van der Waals surface area contributed by atoms with Crippen molar-refractivity contribution in [1.82, 2.24) is 14.9 Å². The van der Waals surface area contributed by atoms with Gasteiger partial charge in [-0.15, -0.1) is 11.3 Å². The number of aromatic nitrogens is 2. The molecule has 1 N–H and O–H groups in total. The molecule has 1 saturated heterocycles. The van der Waals surface area contributed by atoms with Gasteiger partial charge in [0, 0.05) is 36.4 Å². The fourth-order valence-electron chi connectivity index (χ4n) is 2.54. The Morgan fingerprint density at radius 3 is 3.08 bits per heavy atom. The van der Waals surface area contributed by atoms with Crippen LogP contribution in [0.2, 0.25) is 0 Å². The zero-order valence-electron chi connectivity index (χ0n) is 13.3. The Labute approximate surface area is 153 Å². The van der Waals surface area contributed by atoms with Gasteiger partial charge in [-0.2, -0.15) is 0 Å². The van der Waals surface area contributed by atoms with Crippen molar-refractivity contribution < 1.29 is 19.4 Å². The number of ether oxygens (including phenoxy) is 1. The van der Waals surface area contributed by atoms with Crippen LogP contribution < -0.4 is 4.74 Å². The molecule has 2 aromatic rings. The maximum absolute atomic E-state index is 12.1. The van der Waals surface area contributed by atoms with Crippen LogP contribution in [-0.2, 0) is 4.79 Å². The van der Waals surface area contributed by atoms with Crippen molar-refractivity contribution in [3.05, 3.63) is 35.5 Å². The predicted molar refractivity (Wildman–Crippen MR) is 94.3 cm³/mol.